The summed E-state index contributed by atoms with van der Waals surface area (Å²) in [4.78, 5) is 0. The lowest BCUT2D eigenvalue weighted by molar-refractivity contribution is 0.0950. The highest BCUT2D eigenvalue weighted by molar-refractivity contribution is 5.81. The van der Waals surface area contributed by atoms with Crippen LogP contribution in [0, 0.1) is 5.41 Å². The molecule has 1 saturated carbocycles. The van der Waals surface area contributed by atoms with E-state index in [1.54, 1.807) is 0 Å². The molecule has 18 heavy (non-hydrogen) atoms. The van der Waals surface area contributed by atoms with Crippen molar-refractivity contribution in [3.63, 3.8) is 0 Å². The number of hydrogen-bond donors (Lipinski definition) is 2. The van der Waals surface area contributed by atoms with Crippen molar-refractivity contribution in [1.82, 2.24) is 5.32 Å². The van der Waals surface area contributed by atoms with Crippen LogP contribution in [0.3, 0.4) is 0 Å². The average Bonchev–Trinajstić information content (AvgIpc) is 2.76. The van der Waals surface area contributed by atoms with Crippen LogP contribution in [0.4, 0.5) is 0 Å². The number of nitrogens with one attached hydrogen (secondary N) is 1. The molecule has 1 aromatic carbocycles. The first-order chi connectivity index (χ1) is 8.77. The Balaban J connectivity index is 1.98. The Labute approximate surface area is 107 Å². The van der Waals surface area contributed by atoms with E-state index in [1.807, 2.05) is 31.5 Å². The first-order valence-corrected chi connectivity index (χ1v) is 6.63. The maximum absolute atomic E-state index is 6.53. The molecule has 2 aromatic rings. The van der Waals surface area contributed by atoms with Crippen LogP contribution < -0.4 is 11.1 Å². The van der Waals surface area contributed by atoms with Crippen molar-refractivity contribution >= 4 is 11.0 Å². The fourth-order valence-corrected chi connectivity index (χ4v) is 3.15. The summed E-state index contributed by atoms with van der Waals surface area (Å²) >= 11 is 0. The second kappa shape index (κ2) is 4.41. The van der Waals surface area contributed by atoms with Crippen LogP contribution in [0.1, 0.15) is 30.9 Å². The largest absolute Gasteiger partial charge is 0.464 e. The molecular formula is C15H20N2O. The fourth-order valence-electron chi connectivity index (χ4n) is 3.15. The minimum Gasteiger partial charge on any atom is -0.464 e. The molecule has 0 bridgehead atoms. The van der Waals surface area contributed by atoms with Gasteiger partial charge in [-0.15, -0.1) is 0 Å². The minimum atomic E-state index is 0.0577. The molecular weight excluding hydrogens is 224 g/mol. The molecule has 1 aliphatic carbocycles. The van der Waals surface area contributed by atoms with Crippen molar-refractivity contribution in [2.75, 3.05) is 13.6 Å². The second-order valence-corrected chi connectivity index (χ2v) is 5.41. The van der Waals surface area contributed by atoms with Gasteiger partial charge in [0.15, 0.2) is 0 Å². The van der Waals surface area contributed by atoms with Crippen LogP contribution in [0.2, 0.25) is 0 Å². The van der Waals surface area contributed by atoms with E-state index < -0.39 is 0 Å². The molecule has 0 spiro atoms. The molecule has 0 saturated heterocycles. The number of benzene rings is 1. The van der Waals surface area contributed by atoms with Gasteiger partial charge in [0.25, 0.3) is 0 Å². The first-order valence-electron chi connectivity index (χ1n) is 6.63. The van der Waals surface area contributed by atoms with Crippen molar-refractivity contribution < 1.29 is 4.42 Å². The van der Waals surface area contributed by atoms with Crippen molar-refractivity contribution in [1.29, 1.82) is 0 Å². The van der Waals surface area contributed by atoms with Crippen LogP contribution in [-0.4, -0.2) is 13.6 Å². The lowest BCUT2D eigenvalue weighted by Gasteiger charge is -2.46. The van der Waals surface area contributed by atoms with Gasteiger partial charge in [0, 0.05) is 29.0 Å². The summed E-state index contributed by atoms with van der Waals surface area (Å²) in [6, 6.07) is 8.19. The zero-order chi connectivity index (χ0) is 12.6. The fraction of sp³-hybridized carbons (Fsp3) is 0.467. The van der Waals surface area contributed by atoms with Crippen LogP contribution in [-0.2, 0) is 0 Å². The smallest absolute Gasteiger partial charge is 0.134 e. The zero-order valence-electron chi connectivity index (χ0n) is 10.8. The molecule has 0 radical (unpaired) electrons. The molecule has 1 fully saturated rings. The van der Waals surface area contributed by atoms with E-state index in [1.165, 1.54) is 19.3 Å². The molecule has 3 N–H and O–H groups in total. The van der Waals surface area contributed by atoms with Gasteiger partial charge in [-0.05, 0) is 26.0 Å². The maximum Gasteiger partial charge on any atom is 0.134 e. The van der Waals surface area contributed by atoms with Crippen molar-refractivity contribution in [3.05, 3.63) is 36.1 Å². The summed E-state index contributed by atoms with van der Waals surface area (Å²) in [5, 5.41) is 4.45. The molecule has 3 rings (SSSR count). The second-order valence-electron chi connectivity index (χ2n) is 5.41. The summed E-state index contributed by atoms with van der Waals surface area (Å²) in [5.74, 6) is 0. The van der Waals surface area contributed by atoms with Gasteiger partial charge in [0.05, 0.1) is 6.26 Å². The minimum absolute atomic E-state index is 0.0577. The van der Waals surface area contributed by atoms with E-state index in [0.717, 1.165) is 23.1 Å². The molecule has 0 aliphatic heterocycles. The van der Waals surface area contributed by atoms with Crippen molar-refractivity contribution in [3.8, 4) is 0 Å². The van der Waals surface area contributed by atoms with Gasteiger partial charge in [-0.1, -0.05) is 24.6 Å². The maximum atomic E-state index is 6.53. The summed E-state index contributed by atoms with van der Waals surface area (Å²) in [5.41, 5.74) is 8.83. The molecule has 1 aliphatic rings. The van der Waals surface area contributed by atoms with Crippen LogP contribution in [0.25, 0.3) is 11.0 Å². The van der Waals surface area contributed by atoms with Gasteiger partial charge in [0.2, 0.25) is 0 Å². The third-order valence-corrected chi connectivity index (χ3v) is 4.38. The number of hydrogen-bond acceptors (Lipinski definition) is 3. The Hall–Kier alpha value is -1.32. The van der Waals surface area contributed by atoms with E-state index >= 15 is 0 Å². The molecule has 1 aromatic heterocycles. The zero-order valence-corrected chi connectivity index (χ0v) is 10.8. The number of para-hydroxylation sites is 1. The summed E-state index contributed by atoms with van der Waals surface area (Å²) in [6.45, 7) is 0.980. The monoisotopic (exact) mass is 244 g/mol. The molecule has 1 heterocycles. The summed E-state index contributed by atoms with van der Waals surface area (Å²) in [6.07, 6.45) is 5.53. The Bertz CT molecular complexity index is 542. The van der Waals surface area contributed by atoms with Gasteiger partial charge >= 0.3 is 0 Å². The third kappa shape index (κ3) is 1.66. The Morgan fingerprint density at radius 3 is 2.83 bits per heavy atom. The molecule has 3 heteroatoms. The van der Waals surface area contributed by atoms with Gasteiger partial charge in [-0.25, -0.2) is 0 Å². The van der Waals surface area contributed by atoms with Crippen LogP contribution >= 0.6 is 0 Å². The lowest BCUT2D eigenvalue weighted by atomic mass is 9.62. The number of nitrogens with two attached hydrogens (primary N) is 1. The highest BCUT2D eigenvalue weighted by Crippen LogP contribution is 2.49. The van der Waals surface area contributed by atoms with Crippen molar-refractivity contribution in [2.24, 2.45) is 11.1 Å². The molecule has 3 nitrogen and oxygen atoms in total. The standard InChI is InChI=1S/C15H20N2O/c1-17-10-15(7-4-8-15)14(16)12-9-18-13-6-3-2-5-11(12)13/h2-3,5-6,9,14,17H,4,7-8,10,16H2,1H3. The predicted octanol–water partition coefficient (Wildman–Crippen LogP) is 2.82. The molecule has 1 unspecified atom stereocenters. The van der Waals surface area contributed by atoms with E-state index in [0.29, 0.717) is 0 Å². The van der Waals surface area contributed by atoms with E-state index in [-0.39, 0.29) is 11.5 Å². The highest BCUT2D eigenvalue weighted by Gasteiger charge is 2.43. The highest BCUT2D eigenvalue weighted by atomic mass is 16.3. The summed E-state index contributed by atoms with van der Waals surface area (Å²) < 4.78 is 5.61. The van der Waals surface area contributed by atoms with E-state index in [9.17, 15) is 0 Å². The van der Waals surface area contributed by atoms with Crippen LogP contribution in [0.15, 0.2) is 34.9 Å². The topological polar surface area (TPSA) is 51.2 Å². The molecule has 96 valence electrons. The number of furan rings is 1. The van der Waals surface area contributed by atoms with Crippen molar-refractivity contribution in [2.45, 2.75) is 25.3 Å². The number of rotatable bonds is 4. The van der Waals surface area contributed by atoms with E-state index in [4.69, 9.17) is 10.2 Å². The van der Waals surface area contributed by atoms with Gasteiger partial charge < -0.3 is 15.5 Å². The normalized spacial score (nSPS) is 19.7. The van der Waals surface area contributed by atoms with Gasteiger partial charge in [-0.3, -0.25) is 0 Å². The first kappa shape index (κ1) is 11.8. The predicted molar refractivity (Wildman–Crippen MR) is 73.4 cm³/mol. The summed E-state index contributed by atoms with van der Waals surface area (Å²) in [7, 11) is 2.00. The quantitative estimate of drug-likeness (QED) is 0.869. The van der Waals surface area contributed by atoms with Gasteiger partial charge in [0.1, 0.15) is 5.58 Å². The Morgan fingerprint density at radius 1 is 1.39 bits per heavy atom. The lowest BCUT2D eigenvalue weighted by Crippen LogP contribution is -2.46. The SMILES string of the molecule is CNCC1(C(N)c2coc3ccccc23)CCC1. The Kier molecular flexibility index (Phi) is 2.88. The van der Waals surface area contributed by atoms with Crippen LogP contribution in [0.5, 0.6) is 0 Å². The number of fused-ring (bicyclic) bond motifs is 1. The van der Waals surface area contributed by atoms with E-state index in [2.05, 4.69) is 11.4 Å². The average molecular weight is 244 g/mol. The Morgan fingerprint density at radius 2 is 2.17 bits per heavy atom. The van der Waals surface area contributed by atoms with Gasteiger partial charge in [-0.2, -0.15) is 0 Å². The molecule has 1 atom stereocenters. The third-order valence-electron chi connectivity index (χ3n) is 4.38. The molecule has 0 amide bonds.